The Hall–Kier alpha value is -3.93. The normalized spacial score (nSPS) is 27.7. The third-order valence-electron chi connectivity index (χ3n) is 7.49. The number of rotatable bonds is 10. The second kappa shape index (κ2) is 17.7. The molecule has 0 aromatic carbocycles. The van der Waals surface area contributed by atoms with E-state index >= 15 is 0 Å². The molecule has 2 fully saturated rings. The minimum atomic E-state index is -1.80. The molecule has 2 rings (SSSR count). The Bertz CT molecular complexity index is 1180. The van der Waals surface area contributed by atoms with Gasteiger partial charge >= 0.3 is 11.9 Å². The first kappa shape index (κ1) is 38.3. The van der Waals surface area contributed by atoms with Crippen molar-refractivity contribution >= 4 is 59.1 Å². The van der Waals surface area contributed by atoms with Crippen LogP contribution in [0.25, 0.3) is 0 Å². The number of nitrogens with one attached hydrogen (secondary N) is 5. The summed E-state index contributed by atoms with van der Waals surface area (Å²) >= 11 is 1.40. The van der Waals surface area contributed by atoms with Crippen LogP contribution in [-0.4, -0.2) is 129 Å². The van der Waals surface area contributed by atoms with E-state index in [1.54, 1.807) is 20.1 Å². The number of carbonyl (C=O) groups is 8. The van der Waals surface area contributed by atoms with Crippen molar-refractivity contribution in [3.05, 3.63) is 0 Å². The van der Waals surface area contributed by atoms with Gasteiger partial charge in [0.2, 0.25) is 35.4 Å². The van der Waals surface area contributed by atoms with Crippen molar-refractivity contribution < 1.29 is 53.7 Å². The van der Waals surface area contributed by atoms with Crippen LogP contribution in [0.3, 0.4) is 0 Å². The van der Waals surface area contributed by atoms with Crippen LogP contribution in [0.15, 0.2) is 0 Å². The molecule has 0 unspecified atom stereocenters. The smallest absolute Gasteiger partial charge is 0.305 e. The molecule has 0 bridgehead atoms. The minimum absolute atomic E-state index is 0.0503. The maximum Gasteiger partial charge on any atom is 0.305 e. The summed E-state index contributed by atoms with van der Waals surface area (Å²) in [6.45, 7) is 4.72. The van der Waals surface area contributed by atoms with Gasteiger partial charge in [0.15, 0.2) is 0 Å². The van der Waals surface area contributed by atoms with Crippen molar-refractivity contribution in [3.8, 4) is 0 Å². The predicted molar refractivity (Wildman–Crippen MR) is 163 cm³/mol. The largest absolute Gasteiger partial charge is 0.481 e. The molecular formula is C28H44N6O11S. The Morgan fingerprint density at radius 2 is 1.30 bits per heavy atom. The lowest BCUT2D eigenvalue weighted by Gasteiger charge is -2.31. The first-order valence-corrected chi connectivity index (χ1v) is 16.4. The van der Waals surface area contributed by atoms with Crippen molar-refractivity contribution in [1.82, 2.24) is 31.5 Å². The molecule has 2 aliphatic rings. The van der Waals surface area contributed by atoms with Crippen molar-refractivity contribution in [3.63, 3.8) is 0 Å². The van der Waals surface area contributed by atoms with E-state index in [0.29, 0.717) is 12.2 Å². The molecule has 2 aliphatic heterocycles. The number of nitrogens with zero attached hydrogens (tertiary/aromatic N) is 1. The van der Waals surface area contributed by atoms with Gasteiger partial charge in [-0.05, 0) is 50.5 Å². The van der Waals surface area contributed by atoms with Crippen LogP contribution < -0.4 is 26.6 Å². The number of carboxylic acids is 2. The van der Waals surface area contributed by atoms with E-state index in [0.717, 1.165) is 11.8 Å². The van der Waals surface area contributed by atoms with Gasteiger partial charge in [-0.3, -0.25) is 38.4 Å². The van der Waals surface area contributed by atoms with Crippen molar-refractivity contribution in [2.45, 2.75) is 102 Å². The fourth-order valence-electron chi connectivity index (χ4n) is 5.20. The zero-order valence-electron chi connectivity index (χ0n) is 26.2. The Labute approximate surface area is 270 Å². The first-order chi connectivity index (χ1) is 21.5. The summed E-state index contributed by atoms with van der Waals surface area (Å²) in [5.41, 5.74) is 0. The molecule has 6 amide bonds. The molecule has 0 spiro atoms. The molecular weight excluding hydrogens is 628 g/mol. The number of aliphatic carboxylic acids is 2. The molecule has 2 heterocycles. The van der Waals surface area contributed by atoms with E-state index in [9.17, 15) is 53.7 Å². The lowest BCUT2D eigenvalue weighted by molar-refractivity contribution is -0.147. The fraction of sp³-hybridized carbons (Fsp3) is 0.714. The fourth-order valence-corrected chi connectivity index (χ4v) is 5.67. The quantitative estimate of drug-likeness (QED) is 0.120. The van der Waals surface area contributed by atoms with E-state index in [4.69, 9.17) is 0 Å². The number of hydrogen-bond acceptors (Lipinski definition) is 10. The number of hydrogen-bond donors (Lipinski definition) is 8. The van der Waals surface area contributed by atoms with Gasteiger partial charge < -0.3 is 46.8 Å². The maximum absolute atomic E-state index is 13.6. The molecule has 0 radical (unpaired) electrons. The molecule has 17 nitrogen and oxygen atoms in total. The monoisotopic (exact) mass is 672 g/mol. The molecule has 46 heavy (non-hydrogen) atoms. The SMILES string of the molecule is CSCC[C@H]1NC(=O)[C@H]2CCCN2C(=O)[C@@H](CC(=O)O)NC(=O)[C@H]([C@@H](C)O)NC(=O)[C@@H](CC(=O)O)NC(=O)[C@H](CC(C)C)NC1=O. The average molecular weight is 673 g/mol. The Balaban J connectivity index is 2.62. The summed E-state index contributed by atoms with van der Waals surface area (Å²) < 4.78 is 0. The van der Waals surface area contributed by atoms with Crippen LogP contribution in [-0.2, 0) is 38.4 Å². The molecule has 0 saturated carbocycles. The Kier molecular flexibility index (Phi) is 14.7. The highest BCUT2D eigenvalue weighted by atomic mass is 32.2. The molecule has 0 aromatic rings. The molecule has 0 aliphatic carbocycles. The maximum atomic E-state index is 13.6. The third-order valence-corrected chi connectivity index (χ3v) is 8.13. The van der Waals surface area contributed by atoms with Gasteiger partial charge in [-0.25, -0.2) is 0 Å². The van der Waals surface area contributed by atoms with Gasteiger partial charge in [-0.2, -0.15) is 11.8 Å². The van der Waals surface area contributed by atoms with Crippen LogP contribution in [0.2, 0.25) is 0 Å². The highest BCUT2D eigenvalue weighted by molar-refractivity contribution is 7.98. The molecule has 18 heteroatoms. The topological polar surface area (TPSA) is 261 Å². The number of carboxylic acid groups (broad SMARTS) is 2. The van der Waals surface area contributed by atoms with Crippen LogP contribution in [0.4, 0.5) is 0 Å². The van der Waals surface area contributed by atoms with Gasteiger partial charge in [0.1, 0.15) is 36.3 Å². The van der Waals surface area contributed by atoms with Crippen molar-refractivity contribution in [2.24, 2.45) is 5.92 Å². The first-order valence-electron chi connectivity index (χ1n) is 15.0. The van der Waals surface area contributed by atoms with Crippen LogP contribution in [0.1, 0.15) is 59.3 Å². The Morgan fingerprint density at radius 3 is 1.87 bits per heavy atom. The summed E-state index contributed by atoms with van der Waals surface area (Å²) in [4.78, 5) is 105. The second-order valence-electron chi connectivity index (χ2n) is 11.8. The minimum Gasteiger partial charge on any atom is -0.481 e. The number of fused-ring (bicyclic) bond motifs is 1. The zero-order valence-corrected chi connectivity index (χ0v) is 27.1. The van der Waals surface area contributed by atoms with E-state index in [1.807, 2.05) is 0 Å². The zero-order chi connectivity index (χ0) is 34.7. The van der Waals surface area contributed by atoms with Crippen LogP contribution in [0.5, 0.6) is 0 Å². The molecule has 0 aromatic heterocycles. The number of aliphatic hydroxyl groups is 1. The van der Waals surface area contributed by atoms with Gasteiger partial charge in [0, 0.05) is 6.54 Å². The summed E-state index contributed by atoms with van der Waals surface area (Å²) in [6.07, 6.45) is -0.868. The average Bonchev–Trinajstić information content (AvgIpc) is 3.45. The highest BCUT2D eigenvalue weighted by Crippen LogP contribution is 2.20. The van der Waals surface area contributed by atoms with E-state index in [1.165, 1.54) is 11.8 Å². The van der Waals surface area contributed by atoms with Gasteiger partial charge in [0.05, 0.1) is 18.9 Å². The van der Waals surface area contributed by atoms with E-state index in [2.05, 4.69) is 26.6 Å². The van der Waals surface area contributed by atoms with Crippen molar-refractivity contribution in [1.29, 1.82) is 0 Å². The molecule has 7 atom stereocenters. The number of aliphatic hydroxyl groups excluding tert-OH is 1. The number of amides is 6. The van der Waals surface area contributed by atoms with Gasteiger partial charge in [-0.1, -0.05) is 13.8 Å². The van der Waals surface area contributed by atoms with Gasteiger partial charge in [0.25, 0.3) is 0 Å². The predicted octanol–water partition coefficient (Wildman–Crippen LogP) is -2.46. The Morgan fingerprint density at radius 1 is 0.783 bits per heavy atom. The number of carbonyl (C=O) groups excluding carboxylic acids is 6. The summed E-state index contributed by atoms with van der Waals surface area (Å²) in [6, 6.07) is -8.76. The van der Waals surface area contributed by atoms with Crippen LogP contribution in [0, 0.1) is 5.92 Å². The molecule has 258 valence electrons. The summed E-state index contributed by atoms with van der Waals surface area (Å²) in [5, 5.41) is 41.2. The summed E-state index contributed by atoms with van der Waals surface area (Å²) in [5.74, 6) is -8.20. The lowest BCUT2D eigenvalue weighted by Crippen LogP contribution is -2.63. The van der Waals surface area contributed by atoms with E-state index < -0.39 is 103 Å². The van der Waals surface area contributed by atoms with Gasteiger partial charge in [-0.15, -0.1) is 0 Å². The molecule has 2 saturated heterocycles. The third kappa shape index (κ3) is 11.1. The van der Waals surface area contributed by atoms with E-state index in [-0.39, 0.29) is 31.7 Å². The second-order valence-corrected chi connectivity index (χ2v) is 12.8. The standard InChI is InChI=1S/C28H44N6O11S/c1-13(2)10-16-24(41)31-17(11-20(36)37)25(42)33-22(14(3)35)27(44)32-18(12-21(38)39)28(45)34-8-5-6-19(34)26(43)29-15(7-9-46-4)23(40)30-16/h13-19,22,35H,5-12H2,1-4H3,(H,29,43)(H,30,40)(H,31,41)(H,32,44)(H,33,42)(H,36,37)(H,38,39)/t14-,15-,16+,17-,18-,19-,22+/m1/s1. The summed E-state index contributed by atoms with van der Waals surface area (Å²) in [7, 11) is 0. The number of thioether (sulfide) groups is 1. The van der Waals surface area contributed by atoms with Crippen LogP contribution >= 0.6 is 11.8 Å². The van der Waals surface area contributed by atoms with Crippen molar-refractivity contribution in [2.75, 3.05) is 18.6 Å². The molecule has 8 N–H and O–H groups in total. The lowest BCUT2D eigenvalue weighted by atomic mass is 10.0. The highest BCUT2D eigenvalue weighted by Gasteiger charge is 2.41.